The molecule has 4 rings (SSSR count). The van der Waals surface area contributed by atoms with Gasteiger partial charge in [-0.2, -0.15) is 4.37 Å². The van der Waals surface area contributed by atoms with E-state index in [0.29, 0.717) is 11.0 Å². The Hall–Kier alpha value is -1.17. The first-order valence-corrected chi connectivity index (χ1v) is 7.96. The van der Waals surface area contributed by atoms with Gasteiger partial charge in [0, 0.05) is 30.5 Å². The number of rotatable bonds is 2. The van der Waals surface area contributed by atoms with Gasteiger partial charge in [0.25, 0.3) is 0 Å². The molecule has 6 heteroatoms. The topological polar surface area (TPSA) is 58.1 Å². The number of hydrogen-bond acceptors (Lipinski definition) is 4. The number of carbonyl (C=O) groups excluding carboxylic acids is 1. The van der Waals surface area contributed by atoms with Gasteiger partial charge in [-0.1, -0.05) is 6.42 Å². The van der Waals surface area contributed by atoms with Gasteiger partial charge in [0.15, 0.2) is 0 Å². The van der Waals surface area contributed by atoms with Crippen molar-refractivity contribution in [1.82, 2.24) is 14.3 Å². The summed E-state index contributed by atoms with van der Waals surface area (Å²) in [6.45, 7) is 1.84. The number of fused-ring (bicyclic) bond motifs is 1. The van der Waals surface area contributed by atoms with E-state index in [2.05, 4.69) is 14.7 Å². The minimum Gasteiger partial charge on any atom is -0.324 e. The molecule has 1 aliphatic heterocycles. The van der Waals surface area contributed by atoms with Crippen molar-refractivity contribution in [1.29, 1.82) is 0 Å². The van der Waals surface area contributed by atoms with Gasteiger partial charge >= 0.3 is 6.03 Å². The van der Waals surface area contributed by atoms with Crippen molar-refractivity contribution in [2.24, 2.45) is 11.8 Å². The summed E-state index contributed by atoms with van der Waals surface area (Å²) >= 11 is 1.31. The molecule has 3 aliphatic rings. The first-order chi connectivity index (χ1) is 9.29. The number of carbonyl (C=O) groups is 1. The van der Waals surface area contributed by atoms with Crippen molar-refractivity contribution in [3.05, 3.63) is 5.82 Å². The normalized spacial score (nSPS) is 29.6. The summed E-state index contributed by atoms with van der Waals surface area (Å²) in [4.78, 5) is 18.6. The second kappa shape index (κ2) is 4.44. The molecular weight excluding hydrogens is 260 g/mol. The molecule has 2 amide bonds. The van der Waals surface area contributed by atoms with Gasteiger partial charge in [0.2, 0.25) is 5.13 Å². The molecule has 2 aliphatic carbocycles. The first-order valence-electron chi connectivity index (χ1n) is 7.19. The minimum atomic E-state index is 0.00731. The minimum absolute atomic E-state index is 0.00731. The van der Waals surface area contributed by atoms with E-state index in [4.69, 9.17) is 0 Å². The lowest BCUT2D eigenvalue weighted by Gasteiger charge is -2.16. The number of likely N-dealkylation sites (tertiary alicyclic amines) is 1. The fourth-order valence-corrected chi connectivity index (χ4v) is 4.00. The molecule has 1 aromatic heterocycles. The zero-order valence-corrected chi connectivity index (χ0v) is 11.7. The van der Waals surface area contributed by atoms with Gasteiger partial charge in [-0.25, -0.2) is 9.78 Å². The summed E-state index contributed by atoms with van der Waals surface area (Å²) < 4.78 is 4.31. The lowest BCUT2D eigenvalue weighted by Crippen LogP contribution is -2.33. The molecule has 19 heavy (non-hydrogen) atoms. The predicted octanol–water partition coefficient (Wildman–Crippen LogP) is 2.68. The standard InChI is InChI=1S/C13H18N4OS/c18-13(17-6-9-2-1-3-10(9)7-17)15-12-14-11(16-19-12)8-4-5-8/h8-10H,1-7H2,(H,14,15,16,18). The van der Waals surface area contributed by atoms with Crippen LogP contribution >= 0.6 is 11.5 Å². The highest BCUT2D eigenvalue weighted by molar-refractivity contribution is 7.09. The van der Waals surface area contributed by atoms with E-state index >= 15 is 0 Å². The van der Waals surface area contributed by atoms with Gasteiger partial charge < -0.3 is 4.90 Å². The van der Waals surface area contributed by atoms with Crippen LogP contribution in [0.2, 0.25) is 0 Å². The lowest BCUT2D eigenvalue weighted by molar-refractivity contribution is 0.219. The van der Waals surface area contributed by atoms with Crippen LogP contribution in [0.5, 0.6) is 0 Å². The summed E-state index contributed by atoms with van der Waals surface area (Å²) in [7, 11) is 0. The highest BCUT2D eigenvalue weighted by Gasteiger charge is 2.38. The zero-order valence-electron chi connectivity index (χ0n) is 10.8. The highest BCUT2D eigenvalue weighted by atomic mass is 32.1. The quantitative estimate of drug-likeness (QED) is 0.905. The second-order valence-electron chi connectivity index (χ2n) is 6.02. The Bertz CT molecular complexity index is 487. The van der Waals surface area contributed by atoms with Gasteiger partial charge in [-0.15, -0.1) is 0 Å². The summed E-state index contributed by atoms with van der Waals surface area (Å²) in [5.41, 5.74) is 0. The van der Waals surface area contributed by atoms with E-state index in [1.54, 1.807) is 0 Å². The van der Waals surface area contributed by atoms with Crippen LogP contribution in [-0.4, -0.2) is 33.4 Å². The van der Waals surface area contributed by atoms with Crippen LogP contribution in [0.3, 0.4) is 0 Å². The molecule has 1 aromatic rings. The zero-order chi connectivity index (χ0) is 12.8. The fourth-order valence-electron chi connectivity index (χ4n) is 3.36. The fraction of sp³-hybridized carbons (Fsp3) is 0.769. The molecule has 1 saturated heterocycles. The number of anilines is 1. The molecule has 2 atom stereocenters. The Morgan fingerprint density at radius 3 is 2.63 bits per heavy atom. The van der Waals surface area contributed by atoms with Crippen molar-refractivity contribution in [3.8, 4) is 0 Å². The Morgan fingerprint density at radius 2 is 1.95 bits per heavy atom. The van der Waals surface area contributed by atoms with Gasteiger partial charge in [-0.3, -0.25) is 5.32 Å². The Morgan fingerprint density at radius 1 is 1.21 bits per heavy atom. The van der Waals surface area contributed by atoms with Crippen molar-refractivity contribution in [3.63, 3.8) is 0 Å². The van der Waals surface area contributed by atoms with E-state index in [9.17, 15) is 4.79 Å². The van der Waals surface area contributed by atoms with Crippen LogP contribution in [0.1, 0.15) is 43.8 Å². The van der Waals surface area contributed by atoms with E-state index in [-0.39, 0.29) is 6.03 Å². The molecule has 0 radical (unpaired) electrons. The SMILES string of the molecule is O=C(Nc1nc(C2CC2)ns1)N1CC2CCCC2C1. The molecule has 2 heterocycles. The maximum absolute atomic E-state index is 12.2. The van der Waals surface area contributed by atoms with Crippen molar-refractivity contribution < 1.29 is 4.79 Å². The molecule has 2 saturated carbocycles. The van der Waals surface area contributed by atoms with E-state index < -0.39 is 0 Å². The number of nitrogens with one attached hydrogen (secondary N) is 1. The van der Waals surface area contributed by atoms with Crippen molar-refractivity contribution >= 4 is 22.7 Å². The second-order valence-corrected chi connectivity index (χ2v) is 6.77. The van der Waals surface area contributed by atoms with Crippen LogP contribution in [-0.2, 0) is 0 Å². The van der Waals surface area contributed by atoms with Gasteiger partial charge in [0.1, 0.15) is 5.82 Å². The Balaban J connectivity index is 1.38. The Kier molecular flexibility index (Phi) is 2.72. The molecule has 0 spiro atoms. The lowest BCUT2D eigenvalue weighted by atomic mass is 10.0. The van der Waals surface area contributed by atoms with E-state index in [1.165, 1.54) is 43.6 Å². The molecule has 102 valence electrons. The van der Waals surface area contributed by atoms with Crippen LogP contribution in [0.4, 0.5) is 9.93 Å². The predicted molar refractivity (Wildman–Crippen MR) is 73.3 cm³/mol. The largest absolute Gasteiger partial charge is 0.324 e. The summed E-state index contributed by atoms with van der Waals surface area (Å²) in [6, 6.07) is 0.00731. The first kappa shape index (κ1) is 11.6. The number of hydrogen-bond donors (Lipinski definition) is 1. The molecule has 0 aromatic carbocycles. The molecule has 0 bridgehead atoms. The van der Waals surface area contributed by atoms with E-state index in [0.717, 1.165) is 30.7 Å². The summed E-state index contributed by atoms with van der Waals surface area (Å²) in [5.74, 6) is 2.94. The van der Waals surface area contributed by atoms with Crippen LogP contribution in [0.25, 0.3) is 0 Å². The summed E-state index contributed by atoms with van der Waals surface area (Å²) in [5, 5.41) is 3.56. The number of amides is 2. The molecule has 3 fully saturated rings. The summed E-state index contributed by atoms with van der Waals surface area (Å²) in [6.07, 6.45) is 6.31. The third kappa shape index (κ3) is 2.22. The average molecular weight is 278 g/mol. The number of urea groups is 1. The van der Waals surface area contributed by atoms with Crippen LogP contribution in [0.15, 0.2) is 0 Å². The van der Waals surface area contributed by atoms with Crippen molar-refractivity contribution in [2.75, 3.05) is 18.4 Å². The third-order valence-corrected chi connectivity index (χ3v) is 5.26. The van der Waals surface area contributed by atoms with Crippen molar-refractivity contribution in [2.45, 2.75) is 38.0 Å². The van der Waals surface area contributed by atoms with Gasteiger partial charge in [0.05, 0.1) is 0 Å². The van der Waals surface area contributed by atoms with Crippen LogP contribution < -0.4 is 5.32 Å². The molecule has 2 unspecified atom stereocenters. The number of aromatic nitrogens is 2. The average Bonchev–Trinajstić information content (AvgIpc) is 2.83. The van der Waals surface area contributed by atoms with Gasteiger partial charge in [-0.05, 0) is 37.5 Å². The molecular formula is C13H18N4OS. The maximum atomic E-state index is 12.2. The molecule has 1 N–H and O–H groups in total. The Labute approximate surface area is 116 Å². The monoisotopic (exact) mass is 278 g/mol. The highest BCUT2D eigenvalue weighted by Crippen LogP contribution is 2.40. The smallest absolute Gasteiger partial charge is 0.323 e. The van der Waals surface area contributed by atoms with E-state index in [1.807, 2.05) is 4.90 Å². The van der Waals surface area contributed by atoms with Crippen LogP contribution in [0, 0.1) is 11.8 Å². The maximum Gasteiger partial charge on any atom is 0.323 e. The molecule has 5 nitrogen and oxygen atoms in total. The third-order valence-electron chi connectivity index (χ3n) is 4.61. The number of nitrogens with zero attached hydrogens (tertiary/aromatic N) is 3.